The van der Waals surface area contributed by atoms with Gasteiger partial charge in [0.2, 0.25) is 0 Å². The Morgan fingerprint density at radius 1 is 0.897 bits per heavy atom. The minimum absolute atomic E-state index is 0.0144. The number of rotatable bonds is 9. The van der Waals surface area contributed by atoms with Crippen molar-refractivity contribution in [3.8, 4) is 0 Å². The highest BCUT2D eigenvalue weighted by atomic mass is 19.1. The molecule has 2 heterocycles. The van der Waals surface area contributed by atoms with Crippen molar-refractivity contribution < 1.29 is 14.0 Å². The molecule has 6 nitrogen and oxygen atoms in total. The second kappa shape index (κ2) is 11.6. The summed E-state index contributed by atoms with van der Waals surface area (Å²) in [7, 11) is 1.74. The van der Waals surface area contributed by atoms with Gasteiger partial charge in [0.15, 0.2) is 11.6 Å². The van der Waals surface area contributed by atoms with E-state index in [9.17, 15) is 14.0 Å². The SMILES string of the molecule is CC1CCN(c2ccc(C(=O)Cc3ccc(Nc4ccc(CC(=O)c5ccnn5C)cc4)c(F)c3)cc2)CC1. The first kappa shape index (κ1) is 26.4. The lowest BCUT2D eigenvalue weighted by molar-refractivity contribution is 0.0979. The quantitative estimate of drug-likeness (QED) is 0.257. The van der Waals surface area contributed by atoms with E-state index >= 15 is 0 Å². The molecule has 0 bridgehead atoms. The topological polar surface area (TPSA) is 67.2 Å². The molecule has 4 aromatic rings. The first-order valence-corrected chi connectivity index (χ1v) is 13.4. The molecule has 0 unspecified atom stereocenters. The van der Waals surface area contributed by atoms with E-state index < -0.39 is 5.82 Å². The monoisotopic (exact) mass is 524 g/mol. The first-order valence-electron chi connectivity index (χ1n) is 13.4. The van der Waals surface area contributed by atoms with E-state index in [0.717, 1.165) is 30.3 Å². The van der Waals surface area contributed by atoms with Crippen LogP contribution >= 0.6 is 0 Å². The third kappa shape index (κ3) is 6.42. The summed E-state index contributed by atoms with van der Waals surface area (Å²) in [6.07, 6.45) is 4.38. The van der Waals surface area contributed by atoms with E-state index in [1.165, 1.54) is 18.9 Å². The molecule has 1 aliphatic rings. The van der Waals surface area contributed by atoms with Crippen molar-refractivity contribution in [3.63, 3.8) is 0 Å². The number of piperidine rings is 1. The van der Waals surface area contributed by atoms with Crippen LogP contribution in [0.15, 0.2) is 79.0 Å². The third-order valence-corrected chi connectivity index (χ3v) is 7.44. The number of ketones is 2. The number of anilines is 3. The van der Waals surface area contributed by atoms with Crippen LogP contribution in [-0.4, -0.2) is 34.4 Å². The maximum absolute atomic E-state index is 14.9. The first-order chi connectivity index (χ1) is 18.9. The number of carbonyl (C=O) groups excluding carboxylic acids is 2. The van der Waals surface area contributed by atoms with Gasteiger partial charge in [0.1, 0.15) is 11.5 Å². The van der Waals surface area contributed by atoms with Crippen molar-refractivity contribution in [2.24, 2.45) is 13.0 Å². The number of carbonyl (C=O) groups is 2. The summed E-state index contributed by atoms with van der Waals surface area (Å²) in [5, 5.41) is 7.11. The zero-order valence-corrected chi connectivity index (χ0v) is 22.4. The van der Waals surface area contributed by atoms with Crippen LogP contribution in [0.4, 0.5) is 21.5 Å². The molecule has 3 aromatic carbocycles. The molecule has 7 heteroatoms. The van der Waals surface area contributed by atoms with Crippen LogP contribution in [0.3, 0.4) is 0 Å². The van der Waals surface area contributed by atoms with Crippen LogP contribution in [0, 0.1) is 11.7 Å². The molecule has 200 valence electrons. The summed E-state index contributed by atoms with van der Waals surface area (Å²) in [6, 6.07) is 21.6. The Kier molecular flexibility index (Phi) is 7.87. The summed E-state index contributed by atoms with van der Waals surface area (Å²) >= 11 is 0. The van der Waals surface area contributed by atoms with Crippen molar-refractivity contribution >= 4 is 28.6 Å². The number of benzene rings is 3. The van der Waals surface area contributed by atoms with E-state index in [1.807, 2.05) is 48.5 Å². The Bertz CT molecular complexity index is 1450. The zero-order chi connectivity index (χ0) is 27.4. The molecule has 39 heavy (non-hydrogen) atoms. The number of aryl methyl sites for hydroxylation is 1. The van der Waals surface area contributed by atoms with Crippen LogP contribution in [0.2, 0.25) is 0 Å². The molecule has 0 spiro atoms. The number of Topliss-reactive ketones (excluding diaryl/α,β-unsaturated/α-hetero) is 2. The summed E-state index contributed by atoms with van der Waals surface area (Å²) in [5.74, 6) is 0.292. The number of halogens is 1. The van der Waals surface area contributed by atoms with Gasteiger partial charge in [-0.2, -0.15) is 5.10 Å². The molecule has 1 saturated heterocycles. The minimum Gasteiger partial charge on any atom is -0.372 e. The normalized spacial score (nSPS) is 13.9. The van der Waals surface area contributed by atoms with Gasteiger partial charge in [0, 0.05) is 56.1 Å². The summed E-state index contributed by atoms with van der Waals surface area (Å²) in [6.45, 7) is 4.38. The van der Waals surface area contributed by atoms with Crippen molar-refractivity contribution in [2.45, 2.75) is 32.6 Å². The maximum Gasteiger partial charge on any atom is 0.185 e. The molecule has 1 aromatic heterocycles. The average Bonchev–Trinajstić information content (AvgIpc) is 3.38. The van der Waals surface area contributed by atoms with Crippen LogP contribution in [-0.2, 0) is 19.9 Å². The summed E-state index contributed by atoms with van der Waals surface area (Å²) in [5.41, 5.74) is 4.85. The standard InChI is InChI=1S/C32H33FN4O2/c1-22-14-17-37(18-15-22)27-10-6-25(7-11-27)31(38)21-24-5-12-29(28(33)19-24)35-26-8-3-23(4-9-26)20-32(39)30-13-16-34-36(30)2/h3-13,16,19,22,35H,14-15,17-18,20-21H2,1-2H3. The van der Waals surface area contributed by atoms with E-state index in [2.05, 4.69) is 22.2 Å². The van der Waals surface area contributed by atoms with Gasteiger partial charge in [-0.25, -0.2) is 4.39 Å². The van der Waals surface area contributed by atoms with Gasteiger partial charge in [-0.1, -0.05) is 25.1 Å². The number of nitrogens with one attached hydrogen (secondary N) is 1. The van der Waals surface area contributed by atoms with Crippen LogP contribution < -0.4 is 10.2 Å². The predicted molar refractivity (Wildman–Crippen MR) is 152 cm³/mol. The maximum atomic E-state index is 14.9. The Labute approximate surface area is 228 Å². The molecule has 0 atom stereocenters. The Balaban J connectivity index is 1.17. The van der Waals surface area contributed by atoms with Gasteiger partial charge in [-0.15, -0.1) is 0 Å². The van der Waals surface area contributed by atoms with Crippen molar-refractivity contribution in [3.05, 3.63) is 107 Å². The fourth-order valence-electron chi connectivity index (χ4n) is 4.97. The van der Waals surface area contributed by atoms with E-state index in [1.54, 1.807) is 36.1 Å². The summed E-state index contributed by atoms with van der Waals surface area (Å²) < 4.78 is 16.4. The number of nitrogens with zero attached hydrogens (tertiary/aromatic N) is 3. The van der Waals surface area contributed by atoms with Crippen molar-refractivity contribution in [1.29, 1.82) is 0 Å². The fourth-order valence-corrected chi connectivity index (χ4v) is 4.97. The molecule has 0 radical (unpaired) electrons. The average molecular weight is 525 g/mol. The zero-order valence-electron chi connectivity index (χ0n) is 22.4. The van der Waals surface area contributed by atoms with Crippen molar-refractivity contribution in [1.82, 2.24) is 9.78 Å². The largest absolute Gasteiger partial charge is 0.372 e. The van der Waals surface area contributed by atoms with E-state index in [-0.39, 0.29) is 24.4 Å². The Morgan fingerprint density at radius 3 is 2.21 bits per heavy atom. The number of hydrogen-bond acceptors (Lipinski definition) is 5. The molecular weight excluding hydrogens is 491 g/mol. The molecule has 0 amide bonds. The highest BCUT2D eigenvalue weighted by Gasteiger charge is 2.17. The highest BCUT2D eigenvalue weighted by molar-refractivity contribution is 5.98. The number of aromatic nitrogens is 2. The lowest BCUT2D eigenvalue weighted by Gasteiger charge is -2.32. The fraction of sp³-hybridized carbons (Fsp3) is 0.281. The Morgan fingerprint density at radius 2 is 1.56 bits per heavy atom. The van der Waals surface area contributed by atoms with Gasteiger partial charge < -0.3 is 10.2 Å². The Hall–Kier alpha value is -4.26. The number of hydrogen-bond donors (Lipinski definition) is 1. The second-order valence-electron chi connectivity index (χ2n) is 10.4. The van der Waals surface area contributed by atoms with E-state index in [0.29, 0.717) is 28.2 Å². The lowest BCUT2D eigenvalue weighted by atomic mass is 9.98. The third-order valence-electron chi connectivity index (χ3n) is 7.44. The summed E-state index contributed by atoms with van der Waals surface area (Å²) in [4.78, 5) is 27.7. The molecule has 0 aliphatic carbocycles. The molecule has 1 fully saturated rings. The van der Waals surface area contributed by atoms with Crippen LogP contribution in [0.25, 0.3) is 0 Å². The van der Waals surface area contributed by atoms with Crippen LogP contribution in [0.5, 0.6) is 0 Å². The van der Waals surface area contributed by atoms with Gasteiger partial charge in [-0.05, 0) is 84.5 Å². The lowest BCUT2D eigenvalue weighted by Crippen LogP contribution is -2.32. The molecule has 0 saturated carbocycles. The molecule has 1 N–H and O–H groups in total. The smallest absolute Gasteiger partial charge is 0.185 e. The minimum atomic E-state index is -0.426. The second-order valence-corrected chi connectivity index (χ2v) is 10.4. The van der Waals surface area contributed by atoms with Gasteiger partial charge in [0.05, 0.1) is 5.69 Å². The van der Waals surface area contributed by atoms with Gasteiger partial charge in [-0.3, -0.25) is 14.3 Å². The van der Waals surface area contributed by atoms with Crippen LogP contribution in [0.1, 0.15) is 51.7 Å². The van der Waals surface area contributed by atoms with Gasteiger partial charge >= 0.3 is 0 Å². The molecule has 1 aliphatic heterocycles. The van der Waals surface area contributed by atoms with Gasteiger partial charge in [0.25, 0.3) is 0 Å². The predicted octanol–water partition coefficient (Wildman–Crippen LogP) is 6.39. The van der Waals surface area contributed by atoms with Crippen molar-refractivity contribution in [2.75, 3.05) is 23.3 Å². The molecular formula is C32H33FN4O2. The van der Waals surface area contributed by atoms with E-state index in [4.69, 9.17) is 0 Å². The highest BCUT2D eigenvalue weighted by Crippen LogP contribution is 2.25. The molecule has 5 rings (SSSR count).